The largest absolute Gasteiger partial charge is 0.497 e. The van der Waals surface area contributed by atoms with Gasteiger partial charge in [0.1, 0.15) is 12.0 Å². The molecule has 2 aromatic carbocycles. The summed E-state index contributed by atoms with van der Waals surface area (Å²) in [5, 5.41) is 0. The topological polar surface area (TPSA) is 32.8 Å². The highest BCUT2D eigenvalue weighted by Crippen LogP contribution is 2.24. The summed E-state index contributed by atoms with van der Waals surface area (Å²) in [5.74, 6) is 0.893. The van der Waals surface area contributed by atoms with E-state index in [1.54, 1.807) is 7.11 Å². The van der Waals surface area contributed by atoms with Crippen molar-refractivity contribution in [3.8, 4) is 5.75 Å². The summed E-state index contributed by atoms with van der Waals surface area (Å²) >= 11 is 0. The fourth-order valence-electron chi connectivity index (χ4n) is 2.79. The van der Waals surface area contributed by atoms with E-state index < -0.39 is 0 Å². The summed E-state index contributed by atoms with van der Waals surface area (Å²) in [6.07, 6.45) is 0.879. The third kappa shape index (κ3) is 3.06. The predicted molar refractivity (Wildman–Crippen MR) is 89.2 cm³/mol. The molecule has 3 rings (SSSR count). The number of carbonyl (C=O) groups excluding carboxylic acids is 1. The van der Waals surface area contributed by atoms with Crippen LogP contribution in [-0.2, 0) is 0 Å². The van der Waals surface area contributed by atoms with Crippen LogP contribution in [0.5, 0.6) is 5.75 Å². The van der Waals surface area contributed by atoms with E-state index in [2.05, 4.69) is 21.9 Å². The van der Waals surface area contributed by atoms with Crippen molar-refractivity contribution < 1.29 is 9.53 Å². The number of carbonyl (C=O) groups is 1. The zero-order valence-corrected chi connectivity index (χ0v) is 12.7. The number of benzene rings is 2. The number of rotatable bonds is 4. The van der Waals surface area contributed by atoms with E-state index in [0.29, 0.717) is 0 Å². The normalized spacial score (nSPS) is 14.8. The average Bonchev–Trinajstić information content (AvgIpc) is 2.62. The van der Waals surface area contributed by atoms with Crippen molar-refractivity contribution >= 4 is 17.7 Å². The van der Waals surface area contributed by atoms with Gasteiger partial charge in [0.25, 0.3) is 0 Å². The van der Waals surface area contributed by atoms with E-state index in [1.807, 2.05) is 36.4 Å². The predicted octanol–water partition coefficient (Wildman–Crippen LogP) is 2.83. The number of hydrogen-bond acceptors (Lipinski definition) is 4. The van der Waals surface area contributed by atoms with Crippen LogP contribution in [0, 0.1) is 0 Å². The van der Waals surface area contributed by atoms with E-state index in [0.717, 1.165) is 43.8 Å². The minimum absolute atomic E-state index is 0.721. The second-order valence-corrected chi connectivity index (χ2v) is 5.38. The zero-order valence-electron chi connectivity index (χ0n) is 12.7. The Bertz CT molecular complexity index is 632. The maximum absolute atomic E-state index is 10.7. The van der Waals surface area contributed by atoms with Gasteiger partial charge in [-0.1, -0.05) is 6.07 Å². The number of anilines is 2. The highest BCUT2D eigenvalue weighted by atomic mass is 16.5. The number of piperazine rings is 1. The van der Waals surface area contributed by atoms with Crippen LogP contribution < -0.4 is 14.5 Å². The Hall–Kier alpha value is -2.49. The van der Waals surface area contributed by atoms with Crippen molar-refractivity contribution in [2.75, 3.05) is 43.1 Å². The van der Waals surface area contributed by atoms with Crippen LogP contribution in [-0.4, -0.2) is 39.6 Å². The molecule has 0 bridgehead atoms. The fourth-order valence-corrected chi connectivity index (χ4v) is 2.79. The molecule has 4 nitrogen and oxygen atoms in total. The zero-order chi connectivity index (χ0) is 15.4. The van der Waals surface area contributed by atoms with Crippen LogP contribution >= 0.6 is 0 Å². The molecule has 0 radical (unpaired) electrons. The van der Waals surface area contributed by atoms with Gasteiger partial charge in [-0.2, -0.15) is 0 Å². The quantitative estimate of drug-likeness (QED) is 0.812. The van der Waals surface area contributed by atoms with Gasteiger partial charge in [-0.3, -0.25) is 4.79 Å². The maximum atomic E-state index is 10.7. The molecular weight excluding hydrogens is 276 g/mol. The summed E-state index contributed by atoms with van der Waals surface area (Å²) in [7, 11) is 1.69. The molecule has 1 saturated heterocycles. The molecule has 0 N–H and O–H groups in total. The number of aldehydes is 1. The highest BCUT2D eigenvalue weighted by molar-refractivity contribution is 5.75. The Kier molecular flexibility index (Phi) is 4.28. The van der Waals surface area contributed by atoms with E-state index in [1.165, 1.54) is 11.4 Å². The monoisotopic (exact) mass is 296 g/mol. The van der Waals surface area contributed by atoms with Crippen molar-refractivity contribution in [2.24, 2.45) is 0 Å². The molecule has 1 aliphatic heterocycles. The Morgan fingerprint density at radius 3 is 2.14 bits per heavy atom. The molecule has 1 heterocycles. The molecule has 0 aromatic heterocycles. The van der Waals surface area contributed by atoms with Gasteiger partial charge in [-0.15, -0.1) is 0 Å². The SMILES string of the molecule is COc1cccc(N2CCN(c3ccc(C=O)cc3)CC2)c1. The molecule has 114 valence electrons. The lowest BCUT2D eigenvalue weighted by Gasteiger charge is -2.37. The second kappa shape index (κ2) is 6.52. The van der Waals surface area contributed by atoms with Gasteiger partial charge in [-0.05, 0) is 36.4 Å². The van der Waals surface area contributed by atoms with Gasteiger partial charge in [0.15, 0.2) is 0 Å². The lowest BCUT2D eigenvalue weighted by Crippen LogP contribution is -2.46. The lowest BCUT2D eigenvalue weighted by atomic mass is 10.2. The Balaban J connectivity index is 1.65. The molecule has 0 spiro atoms. The Morgan fingerprint density at radius 1 is 0.909 bits per heavy atom. The summed E-state index contributed by atoms with van der Waals surface area (Å²) in [6, 6.07) is 16.0. The highest BCUT2D eigenvalue weighted by Gasteiger charge is 2.17. The smallest absolute Gasteiger partial charge is 0.150 e. The third-order valence-corrected chi connectivity index (χ3v) is 4.09. The number of methoxy groups -OCH3 is 1. The van der Waals surface area contributed by atoms with Gasteiger partial charge in [0.05, 0.1) is 7.11 Å². The first kappa shape index (κ1) is 14.4. The maximum Gasteiger partial charge on any atom is 0.150 e. The van der Waals surface area contributed by atoms with Crippen LogP contribution in [0.3, 0.4) is 0 Å². The molecule has 1 aliphatic rings. The van der Waals surface area contributed by atoms with Crippen LogP contribution in [0.2, 0.25) is 0 Å². The molecule has 4 heteroatoms. The first-order valence-electron chi connectivity index (χ1n) is 7.49. The van der Waals surface area contributed by atoms with Gasteiger partial charge in [0, 0.05) is 49.2 Å². The number of hydrogen-bond donors (Lipinski definition) is 0. The van der Waals surface area contributed by atoms with Crippen LogP contribution in [0.4, 0.5) is 11.4 Å². The fraction of sp³-hybridized carbons (Fsp3) is 0.278. The van der Waals surface area contributed by atoms with Crippen molar-refractivity contribution in [1.29, 1.82) is 0 Å². The molecule has 0 atom stereocenters. The molecule has 0 unspecified atom stereocenters. The Morgan fingerprint density at radius 2 is 1.55 bits per heavy atom. The molecule has 0 amide bonds. The van der Waals surface area contributed by atoms with E-state index in [-0.39, 0.29) is 0 Å². The molecule has 0 aliphatic carbocycles. The molecule has 1 fully saturated rings. The average molecular weight is 296 g/mol. The Labute approximate surface area is 130 Å². The standard InChI is InChI=1S/C18H20N2O2/c1-22-18-4-2-3-17(13-18)20-11-9-19(10-12-20)16-7-5-15(14-21)6-8-16/h2-8,13-14H,9-12H2,1H3. The molecule has 0 saturated carbocycles. The van der Waals surface area contributed by atoms with Gasteiger partial charge in [0.2, 0.25) is 0 Å². The molecular formula is C18H20N2O2. The summed E-state index contributed by atoms with van der Waals surface area (Å²) in [4.78, 5) is 15.4. The summed E-state index contributed by atoms with van der Waals surface area (Å²) in [5.41, 5.74) is 3.10. The van der Waals surface area contributed by atoms with Crippen molar-refractivity contribution in [3.05, 3.63) is 54.1 Å². The molecule has 22 heavy (non-hydrogen) atoms. The number of ether oxygens (including phenoxy) is 1. The van der Waals surface area contributed by atoms with Gasteiger partial charge < -0.3 is 14.5 Å². The first-order chi connectivity index (χ1) is 10.8. The first-order valence-corrected chi connectivity index (χ1v) is 7.49. The number of nitrogens with zero attached hydrogens (tertiary/aromatic N) is 2. The van der Waals surface area contributed by atoms with E-state index >= 15 is 0 Å². The minimum atomic E-state index is 0.721. The van der Waals surface area contributed by atoms with Crippen LogP contribution in [0.1, 0.15) is 10.4 Å². The van der Waals surface area contributed by atoms with Gasteiger partial charge in [-0.25, -0.2) is 0 Å². The van der Waals surface area contributed by atoms with Crippen LogP contribution in [0.25, 0.3) is 0 Å². The van der Waals surface area contributed by atoms with Crippen molar-refractivity contribution in [1.82, 2.24) is 0 Å². The molecule has 2 aromatic rings. The summed E-state index contributed by atoms with van der Waals surface area (Å²) < 4.78 is 5.29. The van der Waals surface area contributed by atoms with E-state index in [9.17, 15) is 4.79 Å². The summed E-state index contributed by atoms with van der Waals surface area (Å²) in [6.45, 7) is 3.89. The van der Waals surface area contributed by atoms with Crippen molar-refractivity contribution in [3.63, 3.8) is 0 Å². The second-order valence-electron chi connectivity index (χ2n) is 5.38. The third-order valence-electron chi connectivity index (χ3n) is 4.09. The van der Waals surface area contributed by atoms with E-state index in [4.69, 9.17) is 4.74 Å². The van der Waals surface area contributed by atoms with Gasteiger partial charge >= 0.3 is 0 Å². The lowest BCUT2D eigenvalue weighted by molar-refractivity contribution is 0.112. The van der Waals surface area contributed by atoms with Crippen molar-refractivity contribution in [2.45, 2.75) is 0 Å². The minimum Gasteiger partial charge on any atom is -0.497 e. The van der Waals surface area contributed by atoms with Crippen LogP contribution in [0.15, 0.2) is 48.5 Å².